The average molecular weight is 500 g/mol. The minimum absolute atomic E-state index is 0.0737. The molecule has 5 heteroatoms. The Morgan fingerprint density at radius 2 is 1.41 bits per heavy atom. The molecule has 0 spiro atoms. The van der Waals surface area contributed by atoms with Gasteiger partial charge in [0, 0.05) is 29.1 Å². The molecule has 1 aliphatic heterocycles. The number of benzene rings is 2. The third-order valence-corrected chi connectivity index (χ3v) is 8.19. The molecule has 5 rings (SSSR count). The minimum Gasteiger partial charge on any atom is -0.348 e. The second kappa shape index (κ2) is 12.6. The van der Waals surface area contributed by atoms with Crippen LogP contribution < -0.4 is 5.32 Å². The predicted octanol–water partition coefficient (Wildman–Crippen LogP) is 6.59. The number of hydrogen-bond acceptors (Lipinski definition) is 3. The van der Waals surface area contributed by atoms with Crippen molar-refractivity contribution in [1.82, 2.24) is 14.8 Å². The summed E-state index contributed by atoms with van der Waals surface area (Å²) in [5.74, 6) is -0.170. The quantitative estimate of drug-likeness (QED) is 0.267. The zero-order valence-corrected chi connectivity index (χ0v) is 22.1. The normalized spacial score (nSPS) is 17.5. The number of ketones is 1. The summed E-state index contributed by atoms with van der Waals surface area (Å²) in [6.45, 7) is 4.26. The molecule has 0 bridgehead atoms. The van der Waals surface area contributed by atoms with E-state index in [4.69, 9.17) is 0 Å². The molecule has 1 saturated heterocycles. The van der Waals surface area contributed by atoms with Crippen LogP contribution in [0.5, 0.6) is 0 Å². The van der Waals surface area contributed by atoms with Crippen LogP contribution in [0.3, 0.4) is 0 Å². The largest absolute Gasteiger partial charge is 0.348 e. The molecule has 0 unspecified atom stereocenters. The number of carbonyl (C=O) groups excluding carboxylic acids is 2. The maximum absolute atomic E-state index is 14.0. The van der Waals surface area contributed by atoms with E-state index in [1.807, 2.05) is 48.5 Å². The molecule has 0 radical (unpaired) electrons. The lowest BCUT2D eigenvalue weighted by molar-refractivity contribution is 0.0911. The molecule has 196 valence electrons. The van der Waals surface area contributed by atoms with Crippen molar-refractivity contribution in [2.24, 2.45) is 0 Å². The van der Waals surface area contributed by atoms with Gasteiger partial charge in [-0.1, -0.05) is 80.6 Å². The molecule has 37 heavy (non-hydrogen) atoms. The number of rotatable bonds is 9. The van der Waals surface area contributed by atoms with Gasteiger partial charge >= 0.3 is 0 Å². The summed E-state index contributed by atoms with van der Waals surface area (Å²) in [6, 6.07) is 17.6. The summed E-state index contributed by atoms with van der Waals surface area (Å²) in [6.07, 6.45) is 12.8. The second-order valence-corrected chi connectivity index (χ2v) is 10.9. The molecule has 1 amide bonds. The van der Waals surface area contributed by atoms with Crippen LogP contribution >= 0.6 is 0 Å². The number of nitrogens with zero attached hydrogens (tertiary/aromatic N) is 2. The summed E-state index contributed by atoms with van der Waals surface area (Å²) in [5, 5.41) is 4.24. The van der Waals surface area contributed by atoms with Crippen molar-refractivity contribution < 1.29 is 9.59 Å². The number of nitrogens with one attached hydrogen (secondary N) is 1. The molecule has 1 saturated carbocycles. The number of hydrogen-bond donors (Lipinski definition) is 1. The first-order valence-electron chi connectivity index (χ1n) is 14.5. The Labute approximate surface area is 221 Å². The van der Waals surface area contributed by atoms with Crippen molar-refractivity contribution in [2.45, 2.75) is 83.2 Å². The third kappa shape index (κ3) is 6.15. The van der Waals surface area contributed by atoms with Gasteiger partial charge in [0.15, 0.2) is 5.78 Å². The van der Waals surface area contributed by atoms with Crippen LogP contribution in [0.25, 0.3) is 10.9 Å². The standard InChI is InChI=1S/C32H41N3O2/c36-31(25-15-5-4-6-16-25)29-27-19-9-10-20-28(27)35(24-14-13-23-34-21-11-12-22-34)30(29)32(37)33-26-17-7-2-1-3-8-18-26/h4-6,9-10,15-16,19-20,26H,1-3,7-8,11-14,17-18,21-24H2,(H,33,37). The second-order valence-electron chi connectivity index (χ2n) is 10.9. The highest BCUT2D eigenvalue weighted by atomic mass is 16.2. The number of aromatic nitrogens is 1. The van der Waals surface area contributed by atoms with Gasteiger partial charge in [-0.25, -0.2) is 0 Å². The molecule has 5 nitrogen and oxygen atoms in total. The maximum atomic E-state index is 14.0. The zero-order chi connectivity index (χ0) is 25.5. The van der Waals surface area contributed by atoms with E-state index in [0.29, 0.717) is 16.8 Å². The first kappa shape index (κ1) is 25.7. The maximum Gasteiger partial charge on any atom is 0.268 e. The number of amides is 1. The molecule has 3 aromatic rings. The lowest BCUT2D eigenvalue weighted by Crippen LogP contribution is -2.37. The van der Waals surface area contributed by atoms with E-state index in [9.17, 15) is 9.59 Å². The fraction of sp³-hybridized carbons (Fsp3) is 0.500. The highest BCUT2D eigenvalue weighted by Crippen LogP contribution is 2.30. The molecular formula is C32H41N3O2. The fourth-order valence-electron chi connectivity index (χ4n) is 6.20. The Morgan fingerprint density at radius 1 is 0.757 bits per heavy atom. The Hall–Kier alpha value is -2.92. The van der Waals surface area contributed by atoms with Gasteiger partial charge in [-0.2, -0.15) is 0 Å². The van der Waals surface area contributed by atoms with Gasteiger partial charge in [-0.05, 0) is 64.2 Å². The number of para-hydroxylation sites is 1. The Morgan fingerprint density at radius 3 is 2.16 bits per heavy atom. The number of unbranched alkanes of at least 4 members (excludes halogenated alkanes) is 1. The summed E-state index contributed by atoms with van der Waals surface area (Å²) < 4.78 is 2.13. The predicted molar refractivity (Wildman–Crippen MR) is 150 cm³/mol. The fourth-order valence-corrected chi connectivity index (χ4v) is 6.20. The van der Waals surface area contributed by atoms with Crippen LogP contribution in [0.2, 0.25) is 0 Å². The minimum atomic E-state index is -0.0967. The summed E-state index contributed by atoms with van der Waals surface area (Å²) in [4.78, 5) is 30.4. The van der Waals surface area contributed by atoms with Crippen LogP contribution in [-0.4, -0.2) is 46.8 Å². The van der Waals surface area contributed by atoms with Gasteiger partial charge in [0.25, 0.3) is 5.91 Å². The molecule has 2 fully saturated rings. The lowest BCUT2D eigenvalue weighted by Gasteiger charge is -2.22. The zero-order valence-electron chi connectivity index (χ0n) is 22.1. The number of aryl methyl sites for hydroxylation is 1. The van der Waals surface area contributed by atoms with Gasteiger partial charge in [-0.3, -0.25) is 9.59 Å². The Bertz CT molecular complexity index is 1190. The molecule has 1 N–H and O–H groups in total. The topological polar surface area (TPSA) is 54.3 Å². The molecule has 0 atom stereocenters. The van der Waals surface area contributed by atoms with Crippen molar-refractivity contribution in [3.8, 4) is 0 Å². The Balaban J connectivity index is 1.48. The first-order chi connectivity index (χ1) is 18.2. The first-order valence-corrected chi connectivity index (χ1v) is 14.5. The molecule has 1 aliphatic carbocycles. The van der Waals surface area contributed by atoms with Crippen molar-refractivity contribution in [1.29, 1.82) is 0 Å². The van der Waals surface area contributed by atoms with E-state index in [-0.39, 0.29) is 17.7 Å². The average Bonchev–Trinajstić information content (AvgIpc) is 3.54. The summed E-state index contributed by atoms with van der Waals surface area (Å²) in [5.41, 5.74) is 2.69. The van der Waals surface area contributed by atoms with Gasteiger partial charge in [0.05, 0.1) is 5.56 Å². The lowest BCUT2D eigenvalue weighted by atomic mass is 9.96. The molecule has 2 aliphatic rings. The van der Waals surface area contributed by atoms with Crippen molar-refractivity contribution in [3.05, 3.63) is 71.4 Å². The van der Waals surface area contributed by atoms with Gasteiger partial charge in [0.1, 0.15) is 5.69 Å². The smallest absolute Gasteiger partial charge is 0.268 e. The van der Waals surface area contributed by atoms with Crippen molar-refractivity contribution in [3.63, 3.8) is 0 Å². The summed E-state index contributed by atoms with van der Waals surface area (Å²) in [7, 11) is 0. The molecule has 1 aromatic heterocycles. The molecular weight excluding hydrogens is 458 g/mol. The van der Waals surface area contributed by atoms with Gasteiger partial charge in [0.2, 0.25) is 0 Å². The third-order valence-electron chi connectivity index (χ3n) is 8.19. The Kier molecular flexibility index (Phi) is 8.72. The van der Waals surface area contributed by atoms with Crippen LogP contribution in [0.4, 0.5) is 0 Å². The van der Waals surface area contributed by atoms with Crippen molar-refractivity contribution in [2.75, 3.05) is 19.6 Å². The summed E-state index contributed by atoms with van der Waals surface area (Å²) >= 11 is 0. The van der Waals surface area contributed by atoms with E-state index in [1.165, 1.54) is 45.2 Å². The number of likely N-dealkylation sites (tertiary alicyclic amines) is 1. The van der Waals surface area contributed by atoms with E-state index in [0.717, 1.165) is 62.5 Å². The SMILES string of the molecule is O=C(c1ccccc1)c1c(C(=O)NC2CCCCCCC2)n(CCCCN2CCCC2)c2ccccc12. The number of fused-ring (bicyclic) bond motifs is 1. The van der Waals surface area contributed by atoms with E-state index in [2.05, 4.69) is 20.9 Å². The number of carbonyl (C=O) groups is 2. The van der Waals surface area contributed by atoms with E-state index < -0.39 is 0 Å². The monoisotopic (exact) mass is 499 g/mol. The van der Waals surface area contributed by atoms with Crippen LogP contribution in [0.1, 0.15) is 97.0 Å². The van der Waals surface area contributed by atoms with Gasteiger partial charge in [-0.15, -0.1) is 0 Å². The van der Waals surface area contributed by atoms with Crippen LogP contribution in [0, 0.1) is 0 Å². The van der Waals surface area contributed by atoms with Crippen molar-refractivity contribution >= 4 is 22.6 Å². The van der Waals surface area contributed by atoms with E-state index >= 15 is 0 Å². The van der Waals surface area contributed by atoms with E-state index in [1.54, 1.807) is 0 Å². The highest BCUT2D eigenvalue weighted by Gasteiger charge is 2.29. The van der Waals surface area contributed by atoms with Crippen LogP contribution in [-0.2, 0) is 6.54 Å². The van der Waals surface area contributed by atoms with Crippen LogP contribution in [0.15, 0.2) is 54.6 Å². The molecule has 2 heterocycles. The molecule has 2 aromatic carbocycles. The van der Waals surface area contributed by atoms with Gasteiger partial charge < -0.3 is 14.8 Å². The highest BCUT2D eigenvalue weighted by molar-refractivity contribution is 6.22.